The smallest absolute Gasteiger partial charge is 1.00 e. The summed E-state index contributed by atoms with van der Waals surface area (Å²) in [6.45, 7) is 0. The molecule has 0 rings (SSSR count). The molecule has 0 aliphatic carbocycles. The van der Waals surface area contributed by atoms with Gasteiger partial charge in [0, 0.05) is 0 Å². The van der Waals surface area contributed by atoms with Crippen molar-refractivity contribution < 1.29 is 74.1 Å². The second-order valence-corrected chi connectivity index (χ2v) is 0.238. The molecule has 0 heterocycles. The van der Waals surface area contributed by atoms with Crippen molar-refractivity contribution in [2.75, 3.05) is 0 Å². The van der Waals surface area contributed by atoms with Crippen LogP contribution in [0.15, 0.2) is 0 Å². The van der Waals surface area contributed by atoms with Gasteiger partial charge in [-0.15, -0.1) is 10.1 Å². The van der Waals surface area contributed by atoms with E-state index in [-0.39, 0.29) is 69.9 Å². The fraction of sp³-hybridized carbons (Fsp3) is 0. The van der Waals surface area contributed by atoms with E-state index in [0.29, 0.717) is 0 Å². The van der Waals surface area contributed by atoms with Crippen LogP contribution < -0.4 is 69.9 Å². The molecule has 0 aliphatic heterocycles. The van der Waals surface area contributed by atoms with Crippen molar-refractivity contribution in [1.29, 1.82) is 0 Å². The summed E-state index contributed by atoms with van der Waals surface area (Å²) >= 11 is 0. The van der Waals surface area contributed by atoms with E-state index < -0.39 is 5.09 Å². The molecule has 0 saturated heterocycles. The molecule has 0 aromatic carbocycles. The van der Waals surface area contributed by atoms with E-state index in [1.165, 1.54) is 0 Å². The number of rotatable bonds is 0. The molecule has 0 atom stereocenters. The van der Waals surface area contributed by atoms with Crippen molar-refractivity contribution >= 4 is 0 Å². The van der Waals surface area contributed by atoms with Crippen LogP contribution in [-0.2, 0) is 0 Å². The van der Waals surface area contributed by atoms with Crippen LogP contribution in [0.4, 0.5) is 0 Å². The molecule has 0 aromatic heterocycles. The normalized spacial score (nSPS) is 3.43. The molecular weight excluding hydrogens is 151 g/mol. The van der Waals surface area contributed by atoms with Gasteiger partial charge in [0.25, 0.3) is 5.09 Å². The fourth-order valence-corrected chi connectivity index (χ4v) is 0. The van der Waals surface area contributed by atoms with E-state index in [4.69, 9.17) is 15.3 Å². The molecule has 0 amide bonds. The fourth-order valence-electron chi connectivity index (χ4n) is 0. The van der Waals surface area contributed by atoms with Gasteiger partial charge in [-0.3, -0.25) is 0 Å². The predicted octanol–water partition coefficient (Wildman–Crippen LogP) is -6.18. The zero-order valence-electron chi connectivity index (χ0n) is 3.80. The summed E-state index contributed by atoms with van der Waals surface area (Å²) in [5, 5.41) is 13.6. The molecule has 7 heavy (non-hydrogen) atoms. The van der Waals surface area contributed by atoms with E-state index in [1.54, 1.807) is 0 Å². The average molecular weight is 155 g/mol. The van der Waals surface area contributed by atoms with E-state index in [1.807, 2.05) is 0 Å². The van der Waals surface area contributed by atoms with Gasteiger partial charge in [0.05, 0.1) is 0 Å². The third kappa shape index (κ3) is 155. The molecule has 0 fully saturated rings. The number of hydrogen-bond acceptors (Lipinski definition) is 3. The molecule has 7 heteroatoms. The topological polar surface area (TPSA) is 98.4 Å². The molecule has 40 valence electrons. The standard InChI is InChI=1S/ClH.K.HNO3.H3N/c;;2-1(3)4;/h1H;;(H,2,3,4);1H3/q;+1;;/p-1. The van der Waals surface area contributed by atoms with Crippen molar-refractivity contribution in [3.8, 4) is 0 Å². The summed E-state index contributed by atoms with van der Waals surface area (Å²) in [4.78, 5) is 8.36. The third-order valence-corrected chi connectivity index (χ3v) is 0. The number of hydrogen-bond donors (Lipinski definition) is 2. The maximum Gasteiger partial charge on any atom is 1.00 e. The first kappa shape index (κ1) is 24.3. The van der Waals surface area contributed by atoms with Crippen molar-refractivity contribution in [3.05, 3.63) is 10.1 Å². The summed E-state index contributed by atoms with van der Waals surface area (Å²) in [5.74, 6) is 0. The van der Waals surface area contributed by atoms with Gasteiger partial charge in [0.15, 0.2) is 0 Å². The molecule has 0 aromatic rings. The average Bonchev–Trinajstić information content (AvgIpc) is 0.811. The van der Waals surface area contributed by atoms with Crippen LogP contribution in [0.5, 0.6) is 0 Å². The second kappa shape index (κ2) is 15.7. The van der Waals surface area contributed by atoms with Crippen LogP contribution in [0.1, 0.15) is 0 Å². The van der Waals surface area contributed by atoms with E-state index >= 15 is 0 Å². The first-order valence-corrected chi connectivity index (χ1v) is 0.565. The summed E-state index contributed by atoms with van der Waals surface area (Å²) in [6.07, 6.45) is 0. The Hall–Kier alpha value is 1.09. The molecule has 4 N–H and O–H groups in total. The van der Waals surface area contributed by atoms with Gasteiger partial charge in [-0.2, -0.15) is 0 Å². The Morgan fingerprint density at radius 3 is 1.57 bits per heavy atom. The van der Waals surface area contributed by atoms with Gasteiger partial charge in [0.2, 0.25) is 0 Å². The molecule has 5 nitrogen and oxygen atoms in total. The zero-order valence-corrected chi connectivity index (χ0v) is 7.68. The first-order chi connectivity index (χ1) is 1.73. The van der Waals surface area contributed by atoms with E-state index in [2.05, 4.69) is 0 Å². The van der Waals surface area contributed by atoms with Crippen LogP contribution in [0.2, 0.25) is 0 Å². The minimum absolute atomic E-state index is 0. The quantitative estimate of drug-likeness (QED) is 0.206. The van der Waals surface area contributed by atoms with Gasteiger partial charge in [0.1, 0.15) is 0 Å². The Labute approximate surface area is 89.0 Å². The molecular formula is H4ClKN2O3. The molecule has 0 bridgehead atoms. The van der Waals surface area contributed by atoms with Gasteiger partial charge in [-0.05, 0) is 0 Å². The molecule has 0 radical (unpaired) electrons. The second-order valence-electron chi connectivity index (χ2n) is 0.238. The Morgan fingerprint density at radius 2 is 1.57 bits per heavy atom. The monoisotopic (exact) mass is 154 g/mol. The maximum atomic E-state index is 8.36. The predicted molar refractivity (Wildman–Crippen MR) is 13.8 cm³/mol. The number of halogens is 1. The first-order valence-electron chi connectivity index (χ1n) is 0.565. The molecule has 0 unspecified atom stereocenters. The SMILES string of the molecule is N.O=[N+]([O-])O.[Cl-].[K+]. The summed E-state index contributed by atoms with van der Waals surface area (Å²) < 4.78 is 0. The Morgan fingerprint density at radius 1 is 1.57 bits per heavy atom. The van der Waals surface area contributed by atoms with Gasteiger partial charge in [-0.1, -0.05) is 0 Å². The molecule has 0 saturated carbocycles. The van der Waals surface area contributed by atoms with Crippen LogP contribution >= 0.6 is 0 Å². The largest absolute Gasteiger partial charge is 1.00 e. The molecule has 0 aliphatic rings. The van der Waals surface area contributed by atoms with Crippen LogP contribution in [0.3, 0.4) is 0 Å². The third-order valence-electron chi connectivity index (χ3n) is 0. The maximum absolute atomic E-state index is 8.36. The molecule has 0 spiro atoms. The Bertz CT molecular complexity index is 35.9. The van der Waals surface area contributed by atoms with Crippen molar-refractivity contribution in [2.45, 2.75) is 0 Å². The van der Waals surface area contributed by atoms with Crippen LogP contribution in [-0.4, -0.2) is 10.3 Å². The van der Waals surface area contributed by atoms with Crippen molar-refractivity contribution in [3.63, 3.8) is 0 Å². The van der Waals surface area contributed by atoms with E-state index in [9.17, 15) is 0 Å². The minimum atomic E-state index is -1.50. The minimum Gasteiger partial charge on any atom is -1.00 e. The van der Waals surface area contributed by atoms with Crippen molar-refractivity contribution in [2.24, 2.45) is 0 Å². The number of nitrogens with zero attached hydrogens (tertiary/aromatic N) is 1. The van der Waals surface area contributed by atoms with E-state index in [0.717, 1.165) is 0 Å². The van der Waals surface area contributed by atoms with Gasteiger partial charge >= 0.3 is 51.4 Å². The summed E-state index contributed by atoms with van der Waals surface area (Å²) in [5.41, 5.74) is 0. The summed E-state index contributed by atoms with van der Waals surface area (Å²) in [6, 6.07) is 0. The van der Waals surface area contributed by atoms with Crippen molar-refractivity contribution in [1.82, 2.24) is 6.15 Å². The van der Waals surface area contributed by atoms with Gasteiger partial charge in [-0.25, -0.2) is 0 Å². The zero-order chi connectivity index (χ0) is 3.58. The Balaban J connectivity index is -0.0000000150. The van der Waals surface area contributed by atoms with Crippen LogP contribution in [0.25, 0.3) is 0 Å². The Kier molecular flexibility index (Phi) is 54.6. The summed E-state index contributed by atoms with van der Waals surface area (Å²) in [7, 11) is 0. The van der Waals surface area contributed by atoms with Gasteiger partial charge < -0.3 is 23.8 Å². The van der Waals surface area contributed by atoms with Crippen LogP contribution in [0, 0.1) is 10.1 Å².